The smallest absolute Gasteiger partial charge is 0.144 e. The Labute approximate surface area is 189 Å². The molecule has 3 aromatic rings. The maximum atomic E-state index is 7.16. The highest BCUT2D eigenvalue weighted by Gasteiger charge is 2.40. The first-order valence-electron chi connectivity index (χ1n) is 10.3. The summed E-state index contributed by atoms with van der Waals surface area (Å²) in [4.78, 5) is 0. The normalized spacial score (nSPS) is 14.0. The van der Waals surface area contributed by atoms with Crippen molar-refractivity contribution in [2.75, 3.05) is 0 Å². The fraction of sp³-hybridized carbons (Fsp3) is 0.259. The molecule has 2 atom stereocenters. The maximum absolute atomic E-state index is 7.16. The molecule has 0 spiro atoms. The Morgan fingerprint density at radius 1 is 0.793 bits per heavy atom. The topological polar surface area (TPSA) is 9.23 Å². The zero-order chi connectivity index (χ0) is 20.5. The van der Waals surface area contributed by atoms with Gasteiger partial charge in [-0.25, -0.2) is 0 Å². The molecule has 0 radical (unpaired) electrons. The van der Waals surface area contributed by atoms with Crippen LogP contribution in [0.3, 0.4) is 0 Å². The van der Waals surface area contributed by atoms with E-state index in [1.54, 1.807) is 0 Å². The fourth-order valence-electron chi connectivity index (χ4n) is 3.96. The van der Waals surface area contributed by atoms with Crippen LogP contribution < -0.4 is 0 Å². The second-order valence-electron chi connectivity index (χ2n) is 7.45. The molecule has 2 unspecified atom stereocenters. The minimum atomic E-state index is -0.674. The van der Waals surface area contributed by atoms with Crippen molar-refractivity contribution in [3.8, 4) is 0 Å². The van der Waals surface area contributed by atoms with E-state index in [-0.39, 0.29) is 6.10 Å². The van der Waals surface area contributed by atoms with Gasteiger partial charge in [-0.05, 0) is 39.2 Å². The Kier molecular flexibility index (Phi) is 8.08. The summed E-state index contributed by atoms with van der Waals surface area (Å²) in [6.07, 6.45) is 4.47. The van der Waals surface area contributed by atoms with Crippen molar-refractivity contribution in [2.45, 2.75) is 38.4 Å². The molecule has 0 amide bonds. The molecule has 0 aliphatic carbocycles. The Balaban J connectivity index is 2.24. The Morgan fingerprint density at radius 2 is 1.21 bits per heavy atom. The quantitative estimate of drug-likeness (QED) is 0.217. The van der Waals surface area contributed by atoms with Crippen LogP contribution in [0, 0.1) is 5.92 Å². The number of rotatable bonds is 9. The van der Waals surface area contributed by atoms with E-state index in [4.69, 9.17) is 4.74 Å². The summed E-state index contributed by atoms with van der Waals surface area (Å²) in [5, 5.41) is 0. The minimum Gasteiger partial charge on any atom is -0.353 e. The van der Waals surface area contributed by atoms with Gasteiger partial charge >= 0.3 is 0 Å². The van der Waals surface area contributed by atoms with E-state index in [1.807, 2.05) is 0 Å². The molecule has 0 bridgehead atoms. The lowest BCUT2D eigenvalue weighted by atomic mass is 9.79. The van der Waals surface area contributed by atoms with Gasteiger partial charge in [0, 0.05) is 0 Å². The standard InChI is InChI=1S/C27H29IO/c1-3-13-22(2)26(20-21-28)29-27(23-14-7-4-8-15-23,24-16-9-5-10-17-24)25-18-11-6-12-19-25/h4-12,14-22,26H,3,13H2,1-2H3. The Hall–Kier alpha value is -1.91. The van der Waals surface area contributed by atoms with E-state index in [0.29, 0.717) is 5.92 Å². The van der Waals surface area contributed by atoms with Crippen molar-refractivity contribution >= 4 is 22.6 Å². The van der Waals surface area contributed by atoms with Crippen molar-refractivity contribution in [2.24, 2.45) is 5.92 Å². The van der Waals surface area contributed by atoms with Gasteiger partial charge in [0.05, 0.1) is 6.10 Å². The van der Waals surface area contributed by atoms with Crippen molar-refractivity contribution in [1.29, 1.82) is 0 Å². The van der Waals surface area contributed by atoms with Crippen molar-refractivity contribution in [3.63, 3.8) is 0 Å². The molecular formula is C27H29IO. The molecule has 0 heterocycles. The predicted octanol–water partition coefficient (Wildman–Crippen LogP) is 7.75. The minimum absolute atomic E-state index is 0.00692. The summed E-state index contributed by atoms with van der Waals surface area (Å²) < 4.78 is 9.24. The van der Waals surface area contributed by atoms with Gasteiger partial charge in [-0.3, -0.25) is 0 Å². The van der Waals surface area contributed by atoms with Crippen LogP contribution in [-0.4, -0.2) is 6.10 Å². The predicted molar refractivity (Wildman–Crippen MR) is 131 cm³/mol. The molecule has 0 fully saturated rings. The van der Waals surface area contributed by atoms with Gasteiger partial charge < -0.3 is 4.74 Å². The van der Waals surface area contributed by atoms with E-state index in [1.165, 1.54) is 0 Å². The molecule has 2 heteroatoms. The van der Waals surface area contributed by atoms with Crippen LogP contribution >= 0.6 is 22.6 Å². The van der Waals surface area contributed by atoms with Gasteiger partial charge in [-0.15, -0.1) is 0 Å². The molecule has 3 aromatic carbocycles. The molecule has 29 heavy (non-hydrogen) atoms. The van der Waals surface area contributed by atoms with Crippen LogP contribution in [0.4, 0.5) is 0 Å². The fourth-order valence-corrected chi connectivity index (χ4v) is 4.37. The molecular weight excluding hydrogens is 467 g/mol. The van der Waals surface area contributed by atoms with Gasteiger partial charge in [-0.1, -0.05) is 134 Å². The summed E-state index contributed by atoms with van der Waals surface area (Å²) in [5.41, 5.74) is 2.76. The summed E-state index contributed by atoms with van der Waals surface area (Å²) in [5.74, 6) is 0.418. The van der Waals surface area contributed by atoms with Crippen LogP contribution in [0.1, 0.15) is 43.4 Å². The van der Waals surface area contributed by atoms with E-state index >= 15 is 0 Å². The molecule has 0 aliphatic rings. The lowest BCUT2D eigenvalue weighted by molar-refractivity contribution is -0.0483. The molecule has 0 aromatic heterocycles. The van der Waals surface area contributed by atoms with Crippen molar-refractivity contribution < 1.29 is 4.74 Å². The Morgan fingerprint density at radius 3 is 1.55 bits per heavy atom. The van der Waals surface area contributed by atoms with Crippen LogP contribution in [0.25, 0.3) is 0 Å². The third-order valence-corrected chi connectivity index (χ3v) is 5.84. The van der Waals surface area contributed by atoms with E-state index < -0.39 is 5.60 Å². The second-order valence-corrected chi connectivity index (χ2v) is 8.17. The lowest BCUT2D eigenvalue weighted by Gasteiger charge is -2.40. The second kappa shape index (κ2) is 10.7. The van der Waals surface area contributed by atoms with Crippen molar-refractivity contribution in [3.05, 3.63) is 118 Å². The first kappa shape index (κ1) is 21.8. The van der Waals surface area contributed by atoms with Crippen LogP contribution in [0.5, 0.6) is 0 Å². The number of halogens is 1. The molecule has 1 nitrogen and oxygen atoms in total. The van der Waals surface area contributed by atoms with Gasteiger partial charge in [-0.2, -0.15) is 0 Å². The Bertz CT molecular complexity index is 778. The third-order valence-electron chi connectivity index (χ3n) is 5.42. The highest BCUT2D eigenvalue weighted by atomic mass is 127. The van der Waals surface area contributed by atoms with Crippen LogP contribution in [-0.2, 0) is 10.3 Å². The van der Waals surface area contributed by atoms with Gasteiger partial charge in [0.15, 0.2) is 0 Å². The number of ether oxygens (including phenoxy) is 1. The lowest BCUT2D eigenvalue weighted by Crippen LogP contribution is -2.38. The van der Waals surface area contributed by atoms with E-state index in [9.17, 15) is 0 Å². The first-order valence-corrected chi connectivity index (χ1v) is 11.6. The summed E-state index contributed by atoms with van der Waals surface area (Å²) in [6.45, 7) is 4.52. The largest absolute Gasteiger partial charge is 0.353 e. The molecule has 150 valence electrons. The van der Waals surface area contributed by atoms with E-state index in [0.717, 1.165) is 29.5 Å². The monoisotopic (exact) mass is 496 g/mol. The molecule has 0 saturated heterocycles. The van der Waals surface area contributed by atoms with Crippen LogP contribution in [0.15, 0.2) is 101 Å². The number of hydrogen-bond donors (Lipinski definition) is 0. The first-order chi connectivity index (χ1) is 14.2. The van der Waals surface area contributed by atoms with E-state index in [2.05, 4.69) is 138 Å². The number of benzene rings is 3. The molecule has 0 saturated carbocycles. The van der Waals surface area contributed by atoms with Gasteiger partial charge in [0.1, 0.15) is 5.60 Å². The summed E-state index contributed by atoms with van der Waals surface area (Å²) in [6, 6.07) is 31.8. The molecule has 0 aliphatic heterocycles. The van der Waals surface area contributed by atoms with Crippen LogP contribution in [0.2, 0.25) is 0 Å². The van der Waals surface area contributed by atoms with Gasteiger partial charge in [0.25, 0.3) is 0 Å². The summed E-state index contributed by atoms with van der Waals surface area (Å²) >= 11 is 2.30. The average Bonchev–Trinajstić information content (AvgIpc) is 2.79. The highest BCUT2D eigenvalue weighted by molar-refractivity contribution is 14.1. The van der Waals surface area contributed by atoms with Crippen molar-refractivity contribution in [1.82, 2.24) is 0 Å². The highest BCUT2D eigenvalue weighted by Crippen LogP contribution is 2.42. The molecule has 0 N–H and O–H groups in total. The summed E-state index contributed by atoms with van der Waals surface area (Å²) in [7, 11) is 0. The SMILES string of the molecule is CCCC(C)C(C=CI)OC(c1ccccc1)(c1ccccc1)c1ccccc1. The van der Waals surface area contributed by atoms with Gasteiger partial charge in [0.2, 0.25) is 0 Å². The zero-order valence-electron chi connectivity index (χ0n) is 17.2. The zero-order valence-corrected chi connectivity index (χ0v) is 19.3. The number of hydrogen-bond acceptors (Lipinski definition) is 1. The average molecular weight is 496 g/mol. The molecule has 3 rings (SSSR count). The third kappa shape index (κ3) is 4.99. The maximum Gasteiger partial charge on any atom is 0.144 e.